The van der Waals surface area contributed by atoms with Crippen molar-refractivity contribution in [3.63, 3.8) is 0 Å². The summed E-state index contributed by atoms with van der Waals surface area (Å²) in [4.78, 5) is 65.1. The normalized spacial score (nSPS) is 21.9. The molecule has 574 valence electrons. The summed E-state index contributed by atoms with van der Waals surface area (Å²) in [5.41, 5.74) is 19.6. The van der Waals surface area contributed by atoms with E-state index < -0.39 is 69.2 Å². The third-order valence-corrected chi connectivity index (χ3v) is 16.3. The molecule has 12 rings (SSSR count). The summed E-state index contributed by atoms with van der Waals surface area (Å²) in [6.45, 7) is 4.32. The molecule has 0 aromatic carbocycles. The minimum Gasteiger partial charge on any atom is 1.00 e. The quantitative estimate of drug-likeness (QED) is 0.00946. The number of aliphatic hydroxyl groups excluding tert-OH is 1. The largest absolute Gasteiger partial charge is 1.00 e. The molecule has 8 saturated carbocycles. The molecule has 44 heteroatoms. The molecule has 106 heavy (non-hydrogen) atoms. The van der Waals surface area contributed by atoms with E-state index in [0.29, 0.717) is 66.0 Å². The van der Waals surface area contributed by atoms with Crippen molar-refractivity contribution in [1.82, 2.24) is 35.2 Å². The number of anilines is 2. The first-order chi connectivity index (χ1) is 48.6. The average Bonchev–Trinajstić information content (AvgIpc) is 1.24. The molecular weight excluding hydrogens is 1620 g/mol. The molecule has 0 radical (unpaired) electrons. The number of aliphatic imine (C=N–C) groups is 2. The van der Waals surface area contributed by atoms with Gasteiger partial charge in [0.25, 0.3) is 0 Å². The van der Waals surface area contributed by atoms with Crippen LogP contribution in [-0.2, 0) is 18.7 Å². The Morgan fingerprint density at radius 1 is 0.613 bits per heavy atom. The predicted octanol–water partition coefficient (Wildman–Crippen LogP) is 2.05. The first kappa shape index (κ1) is 106. The van der Waals surface area contributed by atoms with Crippen LogP contribution in [0.4, 0.5) is 55.8 Å². The summed E-state index contributed by atoms with van der Waals surface area (Å²) >= 11 is 5.66. The number of pyridine rings is 3. The van der Waals surface area contributed by atoms with Crippen molar-refractivity contribution in [2.45, 2.75) is 226 Å². The zero-order chi connectivity index (χ0) is 77.3. The van der Waals surface area contributed by atoms with Crippen molar-refractivity contribution in [2.24, 2.45) is 27.2 Å². The molecular formula is C62H88BBrClF10K3N14NaO12P. The number of aliphatic hydroxyl groups is 1. The fraction of sp³-hybridized carbons (Fsp3) is 0.645. The minimum absolute atomic E-state index is 0. The van der Waals surface area contributed by atoms with Gasteiger partial charge in [-0.15, -0.1) is 12.4 Å². The van der Waals surface area contributed by atoms with Gasteiger partial charge in [0.2, 0.25) is 41.5 Å². The molecule has 0 aliphatic heterocycles. The smallest absolute Gasteiger partial charge is 1.00 e. The second kappa shape index (κ2) is 53.7. The monoisotopic (exact) mass is 1710 g/mol. The molecule has 6 atom stereocenters. The number of esters is 2. The number of carbonyl (C=O) groups is 2. The van der Waals surface area contributed by atoms with Gasteiger partial charge in [0, 0.05) is 113 Å². The molecule has 8 aliphatic carbocycles. The maximum atomic E-state index is 13.6. The van der Waals surface area contributed by atoms with Gasteiger partial charge in [-0.25, -0.2) is 83.1 Å². The number of alkyl halides is 10. The summed E-state index contributed by atoms with van der Waals surface area (Å²) in [7, 11) is -2.44. The number of nitrogens with zero attached hydrogens (tertiary/aromatic N) is 8. The minimum atomic E-state index is -3.15. The van der Waals surface area contributed by atoms with Gasteiger partial charge in [-0.3, -0.25) is 5.32 Å². The van der Waals surface area contributed by atoms with Crippen LogP contribution in [0.15, 0.2) is 69.2 Å². The van der Waals surface area contributed by atoms with Gasteiger partial charge in [0.1, 0.15) is 21.7 Å². The molecule has 0 saturated heterocycles. The molecule has 0 bridgehead atoms. The van der Waals surface area contributed by atoms with E-state index in [9.17, 15) is 53.5 Å². The molecule has 4 aromatic heterocycles. The van der Waals surface area contributed by atoms with Crippen LogP contribution < -0.4 is 129 Å². The number of aromatic nitrogens is 6. The van der Waals surface area contributed by atoms with E-state index in [1.54, 1.807) is 44.2 Å². The summed E-state index contributed by atoms with van der Waals surface area (Å²) in [6, 6.07) is 14.0. The molecule has 12 N–H and O–H groups in total. The molecule has 26 nitrogen and oxygen atoms in total. The fourth-order valence-electron chi connectivity index (χ4n) is 10.5. The number of rotatable bonds is 15. The van der Waals surface area contributed by atoms with E-state index in [4.69, 9.17) is 61.7 Å². The van der Waals surface area contributed by atoms with Crippen LogP contribution in [-0.4, -0.2) is 226 Å². The third kappa shape index (κ3) is 43.9. The van der Waals surface area contributed by atoms with Gasteiger partial charge in [-0.1, -0.05) is 31.0 Å². The zero-order valence-corrected chi connectivity index (χ0v) is 75.2. The SMILES string of the molecule is CCOC(=O)c1cccc(Br)n1.CCOC(=O)c1cccc(C2CC2)n1.CO.C[O-].Cl.FC1(F)CCC(Nc2nc(NC3CCC(F)(F)C3)nc(-c3cccc(C4CC4)n3)n2)C1.NC(=NC1CCC(F)(F)C1)NC(N)=NC1CCC(F)(F)C1.NC1CCC(F)(F)C1.O=[P+]([O-])O[O-].OB(O)C1CC1.[K+].[K][K].[Na+]. The Morgan fingerprint density at radius 3 is 1.30 bits per heavy atom. The predicted molar refractivity (Wildman–Crippen MR) is 371 cm³/mol. The van der Waals surface area contributed by atoms with Crippen LogP contribution >= 0.6 is 36.6 Å². The Kier molecular flexibility index (Phi) is 53.4. The van der Waals surface area contributed by atoms with Crippen molar-refractivity contribution in [2.75, 3.05) is 38.1 Å². The first-order valence-electron chi connectivity index (χ1n) is 33.6. The number of nitrogens with two attached hydrogens (primary N) is 3. The summed E-state index contributed by atoms with van der Waals surface area (Å²) in [6.07, 6.45) is 5.96. The second-order valence-corrected chi connectivity index (χ2v) is 25.9. The summed E-state index contributed by atoms with van der Waals surface area (Å²) < 4.78 is 152. The Hall–Kier alpha value is -0.436. The van der Waals surface area contributed by atoms with Crippen molar-refractivity contribution < 1.29 is 184 Å². The van der Waals surface area contributed by atoms with Crippen molar-refractivity contribution in [3.05, 3.63) is 82.0 Å². The van der Waals surface area contributed by atoms with Gasteiger partial charge in [0.15, 0.2) is 17.7 Å². The number of hydrogen-bond acceptors (Lipinski definition) is 23. The summed E-state index contributed by atoms with van der Waals surface area (Å²) in [5, 5.41) is 48.7. The maximum Gasteiger partial charge on any atom is 1.00 e. The molecule has 0 amide bonds. The molecule has 4 heterocycles. The fourth-order valence-corrected chi connectivity index (χ4v) is 10.8. The Bertz CT molecular complexity index is 3240. The third-order valence-electron chi connectivity index (χ3n) is 15.8. The average molecular weight is 1710 g/mol. The van der Waals surface area contributed by atoms with Crippen LogP contribution in [0, 0.1) is 0 Å². The molecule has 8 fully saturated rings. The molecule has 0 spiro atoms. The number of nitrogens with one attached hydrogen (secondary N) is 3. The van der Waals surface area contributed by atoms with Crippen LogP contribution in [0.25, 0.3) is 11.5 Å². The van der Waals surface area contributed by atoms with Gasteiger partial charge in [-0.2, -0.15) is 22.1 Å². The van der Waals surface area contributed by atoms with Crippen LogP contribution in [0.2, 0.25) is 5.82 Å². The number of halogens is 12. The molecule has 4 aromatic rings. The number of ether oxygens (including phenoxy) is 2. The van der Waals surface area contributed by atoms with Gasteiger partial charge in [-0.05, 0) is 134 Å². The standard InChI is InChI=1S/C21H24F4N6.C12H19F4N5.C11H13NO2.C8H8BrNO2.C5H9F2N.C3H7BO2.CH4O.CH3O.ClH.3K.Na.HO4P/c22-20(23)8-6-13(10-20)26-18-29-17(16-3-1-2-15(28-16)12-4-5-12)30-19(31-18)27-14-7-9-21(24,25)11-14;13-11(14)3-1-7(5-11)19-9(17)21-10(18)20-8-2-4-12(15,16)6-8;1-2-14-11(13)10-5-3-4-9(12-10)8-6-7-8;1-2-12-8(11)6-4-3-5-7(9)10-6;6-5(7)2-1-4(8)3-5;5-4(6)3-1-2-3;2*1-2;;;;;;1-4-5(2)3/h1-3,12-14H,4-11H2,(H2,26,27,29,30,31);7-8H,1-6H2,(H5,17,18,19,20,21);3-5,8H,2,6-7H2,1H3;3-5H,2H2,1H3;4H,1-3,8H2;3,5-6H,1-2H2;2H,1H3;1H3;1H;;;;;1H/q;;;;;;;-1;;;;2*+1;/p-1. The Balaban J connectivity index is 0.00000129. The topological polar surface area (TPSA) is 425 Å². The molecule has 6 unspecified atom stereocenters. The maximum absolute atomic E-state index is 13.6. The van der Waals surface area contributed by atoms with E-state index in [1.165, 1.54) is 76.0 Å². The van der Waals surface area contributed by atoms with Gasteiger partial charge in [0.05, 0.1) is 25.3 Å². The van der Waals surface area contributed by atoms with Crippen LogP contribution in [0.5, 0.6) is 0 Å². The molecule has 8 aliphatic rings. The Labute approximate surface area is 735 Å². The van der Waals surface area contributed by atoms with Crippen LogP contribution in [0.1, 0.15) is 193 Å². The van der Waals surface area contributed by atoms with Crippen molar-refractivity contribution in [1.29, 1.82) is 0 Å². The zero-order valence-electron chi connectivity index (χ0n) is 60.5. The van der Waals surface area contributed by atoms with E-state index in [-0.39, 0.29) is 224 Å². The second-order valence-electron chi connectivity index (χ2n) is 24.5. The van der Waals surface area contributed by atoms with E-state index in [0.717, 1.165) is 51.3 Å². The first-order valence-corrected chi connectivity index (χ1v) is 51.5. The van der Waals surface area contributed by atoms with Crippen molar-refractivity contribution in [3.8, 4) is 11.5 Å². The van der Waals surface area contributed by atoms with Crippen molar-refractivity contribution >= 4 is 143 Å². The van der Waals surface area contributed by atoms with Gasteiger partial charge < -0.3 is 67.7 Å². The number of hydrogen-bond donors (Lipinski definition) is 9. The van der Waals surface area contributed by atoms with E-state index in [1.807, 2.05) is 24.3 Å². The Morgan fingerprint density at radius 2 is 0.991 bits per heavy atom. The van der Waals surface area contributed by atoms with E-state index >= 15 is 0 Å². The van der Waals surface area contributed by atoms with Crippen LogP contribution in [0.3, 0.4) is 0 Å². The van der Waals surface area contributed by atoms with Gasteiger partial charge >= 0.3 is 171 Å². The number of guanidine groups is 2. The van der Waals surface area contributed by atoms with E-state index in [2.05, 4.69) is 76.4 Å². The summed E-state index contributed by atoms with van der Waals surface area (Å²) in [5.74, 6) is -12.4. The number of carbonyl (C=O) groups excluding carboxylic acids is 2.